The second kappa shape index (κ2) is 7.34. The molecule has 0 saturated carbocycles. The minimum absolute atomic E-state index is 0.108. The van der Waals surface area contributed by atoms with E-state index in [4.69, 9.17) is 23.2 Å². The Morgan fingerprint density at radius 2 is 1.90 bits per heavy atom. The lowest BCUT2D eigenvalue weighted by molar-refractivity contribution is 0.138. The van der Waals surface area contributed by atoms with Crippen LogP contribution in [0.5, 0.6) is 0 Å². The second-order valence-electron chi connectivity index (χ2n) is 5.74. The molecular formula is C15H21Cl2N3O. The summed E-state index contributed by atoms with van der Waals surface area (Å²) in [5.74, 6) is 0.651. The van der Waals surface area contributed by atoms with Gasteiger partial charge in [0, 0.05) is 37.7 Å². The van der Waals surface area contributed by atoms with E-state index in [2.05, 4.69) is 24.1 Å². The van der Waals surface area contributed by atoms with E-state index in [0.717, 1.165) is 32.7 Å². The van der Waals surface area contributed by atoms with Crippen molar-refractivity contribution < 1.29 is 4.79 Å². The fourth-order valence-corrected chi connectivity index (χ4v) is 2.89. The predicted octanol–water partition coefficient (Wildman–Crippen LogP) is 3.80. The summed E-state index contributed by atoms with van der Waals surface area (Å²) < 4.78 is 0. The van der Waals surface area contributed by atoms with Crippen LogP contribution in [0.1, 0.15) is 13.8 Å². The summed E-state index contributed by atoms with van der Waals surface area (Å²) in [6, 6.07) is 4.95. The summed E-state index contributed by atoms with van der Waals surface area (Å²) in [5, 5.41) is 3.85. The monoisotopic (exact) mass is 329 g/mol. The molecule has 0 bridgehead atoms. The van der Waals surface area contributed by atoms with Crippen LogP contribution in [0.2, 0.25) is 10.0 Å². The lowest BCUT2D eigenvalue weighted by atomic mass is 10.2. The Bertz CT molecular complexity index is 500. The molecule has 0 radical (unpaired) electrons. The first-order chi connectivity index (χ1) is 9.95. The number of nitrogens with one attached hydrogen (secondary N) is 1. The summed E-state index contributed by atoms with van der Waals surface area (Å²) in [7, 11) is 0. The van der Waals surface area contributed by atoms with Gasteiger partial charge in [-0.05, 0) is 24.1 Å². The number of carbonyl (C=O) groups excluding carboxylic acids is 1. The maximum Gasteiger partial charge on any atom is 0.321 e. The largest absolute Gasteiger partial charge is 0.322 e. The maximum atomic E-state index is 12.2. The van der Waals surface area contributed by atoms with E-state index in [1.54, 1.807) is 18.2 Å². The van der Waals surface area contributed by atoms with Crippen LogP contribution in [0.25, 0.3) is 0 Å². The first-order valence-corrected chi connectivity index (χ1v) is 7.94. The quantitative estimate of drug-likeness (QED) is 0.915. The number of piperazine rings is 1. The van der Waals surface area contributed by atoms with Crippen molar-refractivity contribution >= 4 is 34.9 Å². The Labute approximate surface area is 136 Å². The van der Waals surface area contributed by atoms with Crippen molar-refractivity contribution in [3.05, 3.63) is 28.2 Å². The molecule has 1 aliphatic heterocycles. The highest BCUT2D eigenvalue weighted by Crippen LogP contribution is 2.25. The number of amides is 2. The van der Waals surface area contributed by atoms with E-state index in [0.29, 0.717) is 21.7 Å². The van der Waals surface area contributed by atoms with Crippen LogP contribution in [-0.4, -0.2) is 48.6 Å². The molecule has 1 aliphatic rings. The van der Waals surface area contributed by atoms with Crippen LogP contribution >= 0.6 is 23.2 Å². The smallest absolute Gasteiger partial charge is 0.321 e. The average molecular weight is 330 g/mol. The Morgan fingerprint density at radius 3 is 2.48 bits per heavy atom. The topological polar surface area (TPSA) is 35.6 Å². The van der Waals surface area contributed by atoms with Crippen molar-refractivity contribution in [1.82, 2.24) is 9.80 Å². The third-order valence-electron chi connectivity index (χ3n) is 3.46. The Hall–Kier alpha value is -0.970. The SMILES string of the molecule is CC(C)CN1CCN(C(=O)Nc2ccc(Cl)cc2Cl)CC1. The van der Waals surface area contributed by atoms with Crippen LogP contribution in [0.15, 0.2) is 18.2 Å². The van der Waals surface area contributed by atoms with Gasteiger partial charge in [-0.3, -0.25) is 4.90 Å². The van der Waals surface area contributed by atoms with Gasteiger partial charge in [-0.2, -0.15) is 0 Å². The lowest BCUT2D eigenvalue weighted by Crippen LogP contribution is -2.50. The van der Waals surface area contributed by atoms with Gasteiger partial charge in [0.05, 0.1) is 10.7 Å². The third kappa shape index (κ3) is 4.77. The van der Waals surface area contributed by atoms with Crippen LogP contribution in [0.3, 0.4) is 0 Å². The van der Waals surface area contributed by atoms with E-state index >= 15 is 0 Å². The minimum Gasteiger partial charge on any atom is -0.322 e. The predicted molar refractivity (Wildman–Crippen MR) is 88.3 cm³/mol. The summed E-state index contributed by atoms with van der Waals surface area (Å²) in [6.07, 6.45) is 0. The van der Waals surface area contributed by atoms with E-state index in [-0.39, 0.29) is 6.03 Å². The molecule has 1 fully saturated rings. The highest BCUT2D eigenvalue weighted by atomic mass is 35.5. The highest BCUT2D eigenvalue weighted by molar-refractivity contribution is 6.36. The van der Waals surface area contributed by atoms with Gasteiger partial charge in [0.1, 0.15) is 0 Å². The summed E-state index contributed by atoms with van der Waals surface area (Å²) in [4.78, 5) is 16.5. The Kier molecular flexibility index (Phi) is 5.73. The van der Waals surface area contributed by atoms with Crippen molar-refractivity contribution in [3.8, 4) is 0 Å². The maximum absolute atomic E-state index is 12.2. The standard InChI is InChI=1S/C15H21Cl2N3O/c1-11(2)10-19-5-7-20(8-6-19)15(21)18-14-4-3-12(16)9-13(14)17/h3-4,9,11H,5-8,10H2,1-2H3,(H,18,21). The molecule has 1 aromatic carbocycles. The van der Waals surface area contributed by atoms with Crippen LogP contribution in [-0.2, 0) is 0 Å². The number of nitrogens with zero attached hydrogens (tertiary/aromatic N) is 2. The fourth-order valence-electron chi connectivity index (χ4n) is 2.44. The molecule has 4 nitrogen and oxygen atoms in total. The number of halogens is 2. The number of anilines is 1. The molecule has 1 N–H and O–H groups in total. The normalized spacial score (nSPS) is 16.3. The molecule has 1 aromatic rings. The number of rotatable bonds is 3. The minimum atomic E-state index is -0.108. The molecular weight excluding hydrogens is 309 g/mol. The van der Waals surface area contributed by atoms with Gasteiger partial charge < -0.3 is 10.2 Å². The lowest BCUT2D eigenvalue weighted by Gasteiger charge is -2.35. The molecule has 0 aromatic heterocycles. The number of benzene rings is 1. The number of carbonyl (C=O) groups is 1. The van der Waals surface area contributed by atoms with E-state index in [1.807, 2.05) is 4.90 Å². The fraction of sp³-hybridized carbons (Fsp3) is 0.533. The van der Waals surface area contributed by atoms with Crippen molar-refractivity contribution in [1.29, 1.82) is 0 Å². The molecule has 1 saturated heterocycles. The zero-order valence-electron chi connectivity index (χ0n) is 12.4. The number of urea groups is 1. The molecule has 6 heteroatoms. The molecule has 0 unspecified atom stereocenters. The first kappa shape index (κ1) is 16.4. The van der Waals surface area contributed by atoms with Crippen LogP contribution in [0.4, 0.5) is 10.5 Å². The first-order valence-electron chi connectivity index (χ1n) is 7.19. The Morgan fingerprint density at radius 1 is 1.24 bits per heavy atom. The van der Waals surface area contributed by atoms with Gasteiger partial charge >= 0.3 is 6.03 Å². The zero-order valence-corrected chi connectivity index (χ0v) is 13.9. The third-order valence-corrected chi connectivity index (χ3v) is 4.00. The second-order valence-corrected chi connectivity index (χ2v) is 6.58. The molecule has 116 valence electrons. The molecule has 2 rings (SSSR count). The van der Waals surface area contributed by atoms with Crippen LogP contribution in [0, 0.1) is 5.92 Å². The number of hydrogen-bond acceptors (Lipinski definition) is 2. The molecule has 2 amide bonds. The summed E-state index contributed by atoms with van der Waals surface area (Å²) in [6.45, 7) is 8.81. The molecule has 0 atom stereocenters. The van der Waals surface area contributed by atoms with E-state index in [1.165, 1.54) is 0 Å². The van der Waals surface area contributed by atoms with Crippen molar-refractivity contribution in [2.45, 2.75) is 13.8 Å². The van der Waals surface area contributed by atoms with Crippen molar-refractivity contribution in [2.75, 3.05) is 38.0 Å². The average Bonchev–Trinajstić information content (AvgIpc) is 2.42. The zero-order chi connectivity index (χ0) is 15.4. The summed E-state index contributed by atoms with van der Waals surface area (Å²) in [5.41, 5.74) is 0.593. The van der Waals surface area contributed by atoms with E-state index in [9.17, 15) is 4.79 Å². The van der Waals surface area contributed by atoms with Crippen LogP contribution < -0.4 is 5.32 Å². The summed E-state index contributed by atoms with van der Waals surface area (Å²) >= 11 is 11.9. The Balaban J connectivity index is 1.87. The van der Waals surface area contributed by atoms with Gasteiger partial charge in [0.15, 0.2) is 0 Å². The molecule has 0 spiro atoms. The number of hydrogen-bond donors (Lipinski definition) is 1. The van der Waals surface area contributed by atoms with E-state index < -0.39 is 0 Å². The van der Waals surface area contributed by atoms with Gasteiger partial charge in [-0.25, -0.2) is 4.79 Å². The van der Waals surface area contributed by atoms with Crippen molar-refractivity contribution in [2.24, 2.45) is 5.92 Å². The molecule has 1 heterocycles. The van der Waals surface area contributed by atoms with Gasteiger partial charge in [0.2, 0.25) is 0 Å². The van der Waals surface area contributed by atoms with Crippen molar-refractivity contribution in [3.63, 3.8) is 0 Å². The van der Waals surface area contributed by atoms with Gasteiger partial charge in [0.25, 0.3) is 0 Å². The molecule has 0 aliphatic carbocycles. The van der Waals surface area contributed by atoms with Gasteiger partial charge in [-0.15, -0.1) is 0 Å². The van der Waals surface area contributed by atoms with Gasteiger partial charge in [-0.1, -0.05) is 37.0 Å². The highest BCUT2D eigenvalue weighted by Gasteiger charge is 2.21. The molecule has 21 heavy (non-hydrogen) atoms.